The van der Waals surface area contributed by atoms with Gasteiger partial charge in [0.1, 0.15) is 5.82 Å². The number of thiazole rings is 1. The summed E-state index contributed by atoms with van der Waals surface area (Å²) in [4.78, 5) is 8.59. The summed E-state index contributed by atoms with van der Waals surface area (Å²) in [6.07, 6.45) is 0.927. The van der Waals surface area contributed by atoms with Crippen LogP contribution in [-0.4, -0.2) is 22.6 Å². The van der Waals surface area contributed by atoms with Gasteiger partial charge in [-0.1, -0.05) is 0 Å². The third-order valence-electron chi connectivity index (χ3n) is 2.41. The Hall–Kier alpha value is -1.82. The molecule has 0 spiro atoms. The van der Waals surface area contributed by atoms with Gasteiger partial charge in [0, 0.05) is 18.3 Å². The number of ether oxygens (including phenoxy) is 1. The van der Waals surface area contributed by atoms with Gasteiger partial charge in [0.05, 0.1) is 23.0 Å². The SMILES string of the molecule is CC(C)Oc1nc(NCCc2cscn2)ccc1N. The van der Waals surface area contributed by atoms with Gasteiger partial charge in [-0.2, -0.15) is 4.98 Å². The van der Waals surface area contributed by atoms with Crippen molar-refractivity contribution >= 4 is 22.8 Å². The molecule has 0 saturated heterocycles. The number of nitrogens with zero attached hydrogens (tertiary/aromatic N) is 2. The van der Waals surface area contributed by atoms with Gasteiger partial charge in [-0.15, -0.1) is 11.3 Å². The number of pyridine rings is 1. The zero-order chi connectivity index (χ0) is 13.7. The van der Waals surface area contributed by atoms with E-state index < -0.39 is 0 Å². The molecule has 102 valence electrons. The van der Waals surface area contributed by atoms with Crippen LogP contribution in [0.15, 0.2) is 23.0 Å². The third-order valence-corrected chi connectivity index (χ3v) is 3.04. The number of nitrogen functional groups attached to an aromatic ring is 1. The van der Waals surface area contributed by atoms with Crippen molar-refractivity contribution in [1.29, 1.82) is 0 Å². The minimum Gasteiger partial charge on any atom is -0.473 e. The normalized spacial score (nSPS) is 10.7. The van der Waals surface area contributed by atoms with E-state index in [1.54, 1.807) is 17.4 Å². The van der Waals surface area contributed by atoms with Crippen LogP contribution in [0, 0.1) is 0 Å². The summed E-state index contributed by atoms with van der Waals surface area (Å²) >= 11 is 1.61. The standard InChI is InChI=1S/C13H18N4OS/c1-9(2)18-13-11(14)3-4-12(17-13)15-6-5-10-7-19-8-16-10/h3-4,7-9H,5-6,14H2,1-2H3,(H,15,17). The molecule has 0 amide bonds. The van der Waals surface area contributed by atoms with Crippen LogP contribution >= 0.6 is 11.3 Å². The second-order valence-electron chi connectivity index (χ2n) is 4.41. The third kappa shape index (κ3) is 4.10. The van der Waals surface area contributed by atoms with Gasteiger partial charge in [-0.25, -0.2) is 4.98 Å². The zero-order valence-corrected chi connectivity index (χ0v) is 11.9. The number of anilines is 2. The van der Waals surface area contributed by atoms with Crippen LogP contribution in [0.3, 0.4) is 0 Å². The van der Waals surface area contributed by atoms with Gasteiger partial charge in [0.25, 0.3) is 0 Å². The van der Waals surface area contributed by atoms with Gasteiger partial charge < -0.3 is 15.8 Å². The smallest absolute Gasteiger partial charge is 0.239 e. The maximum Gasteiger partial charge on any atom is 0.239 e. The quantitative estimate of drug-likeness (QED) is 0.849. The second kappa shape index (κ2) is 6.38. The fourth-order valence-electron chi connectivity index (χ4n) is 1.55. The Kier molecular flexibility index (Phi) is 4.57. The van der Waals surface area contributed by atoms with E-state index in [9.17, 15) is 0 Å². The Balaban J connectivity index is 1.93. The number of nitrogens with two attached hydrogens (primary N) is 1. The predicted octanol–water partition coefficient (Wildman–Crippen LogP) is 2.56. The topological polar surface area (TPSA) is 73.1 Å². The van der Waals surface area contributed by atoms with E-state index in [2.05, 4.69) is 15.3 Å². The molecule has 6 heteroatoms. The lowest BCUT2D eigenvalue weighted by Gasteiger charge is -2.12. The Morgan fingerprint density at radius 3 is 2.95 bits per heavy atom. The first-order valence-electron chi connectivity index (χ1n) is 6.19. The molecule has 0 aromatic carbocycles. The first kappa shape index (κ1) is 13.6. The molecule has 0 bridgehead atoms. The van der Waals surface area contributed by atoms with Gasteiger partial charge in [0.2, 0.25) is 5.88 Å². The van der Waals surface area contributed by atoms with E-state index in [0.29, 0.717) is 11.6 Å². The Bertz CT molecular complexity index is 513. The summed E-state index contributed by atoms with van der Waals surface area (Å²) in [5.74, 6) is 1.24. The van der Waals surface area contributed by atoms with Gasteiger partial charge in [-0.3, -0.25) is 0 Å². The Labute approximate surface area is 116 Å². The molecule has 0 unspecified atom stereocenters. The highest BCUT2D eigenvalue weighted by molar-refractivity contribution is 7.07. The fourth-order valence-corrected chi connectivity index (χ4v) is 2.14. The lowest BCUT2D eigenvalue weighted by atomic mass is 10.3. The van der Waals surface area contributed by atoms with Crippen molar-refractivity contribution in [3.05, 3.63) is 28.7 Å². The van der Waals surface area contributed by atoms with Gasteiger partial charge >= 0.3 is 0 Å². The van der Waals surface area contributed by atoms with Crippen LogP contribution in [0.25, 0.3) is 0 Å². The van der Waals surface area contributed by atoms with E-state index in [4.69, 9.17) is 10.5 Å². The van der Waals surface area contributed by atoms with E-state index in [1.165, 1.54) is 0 Å². The van der Waals surface area contributed by atoms with Crippen LogP contribution in [0.2, 0.25) is 0 Å². The zero-order valence-electron chi connectivity index (χ0n) is 11.1. The van der Waals surface area contributed by atoms with E-state index in [0.717, 1.165) is 24.5 Å². The van der Waals surface area contributed by atoms with Gasteiger partial charge in [0.15, 0.2) is 0 Å². The number of aromatic nitrogens is 2. The van der Waals surface area contributed by atoms with Crippen molar-refractivity contribution in [1.82, 2.24) is 9.97 Å². The molecule has 0 atom stereocenters. The Morgan fingerprint density at radius 2 is 2.26 bits per heavy atom. The lowest BCUT2D eigenvalue weighted by Crippen LogP contribution is -2.11. The number of hydrogen-bond acceptors (Lipinski definition) is 6. The number of rotatable bonds is 6. The van der Waals surface area contributed by atoms with E-state index >= 15 is 0 Å². The summed E-state index contributed by atoms with van der Waals surface area (Å²) in [7, 11) is 0. The molecule has 2 aromatic rings. The molecule has 0 radical (unpaired) electrons. The maximum atomic E-state index is 5.82. The largest absolute Gasteiger partial charge is 0.473 e. The molecular formula is C13H18N4OS. The van der Waals surface area contributed by atoms with Crippen molar-refractivity contribution < 1.29 is 4.74 Å². The van der Waals surface area contributed by atoms with E-state index in [1.807, 2.05) is 30.8 Å². The summed E-state index contributed by atoms with van der Waals surface area (Å²) in [6.45, 7) is 4.68. The van der Waals surface area contributed by atoms with Crippen molar-refractivity contribution in [3.8, 4) is 5.88 Å². The molecule has 0 saturated carbocycles. The summed E-state index contributed by atoms with van der Waals surface area (Å²) in [5.41, 5.74) is 9.30. The highest BCUT2D eigenvalue weighted by Gasteiger charge is 2.06. The molecule has 0 aliphatic carbocycles. The van der Waals surface area contributed by atoms with E-state index in [-0.39, 0.29) is 6.10 Å². The molecule has 3 N–H and O–H groups in total. The molecular weight excluding hydrogens is 260 g/mol. The van der Waals surface area contributed by atoms with Crippen molar-refractivity contribution in [2.75, 3.05) is 17.6 Å². The number of hydrogen-bond donors (Lipinski definition) is 2. The number of nitrogens with one attached hydrogen (secondary N) is 1. The average molecular weight is 278 g/mol. The average Bonchev–Trinajstić information content (AvgIpc) is 2.86. The van der Waals surface area contributed by atoms with Crippen LogP contribution in [-0.2, 0) is 6.42 Å². The molecule has 0 aliphatic heterocycles. The van der Waals surface area contributed by atoms with Crippen molar-refractivity contribution in [2.45, 2.75) is 26.4 Å². The second-order valence-corrected chi connectivity index (χ2v) is 5.13. The van der Waals surface area contributed by atoms with Crippen molar-refractivity contribution in [3.63, 3.8) is 0 Å². The maximum absolute atomic E-state index is 5.82. The molecule has 2 heterocycles. The summed E-state index contributed by atoms with van der Waals surface area (Å²) < 4.78 is 5.55. The molecule has 2 aromatic heterocycles. The van der Waals surface area contributed by atoms with Crippen LogP contribution in [0.4, 0.5) is 11.5 Å². The molecule has 0 aliphatic rings. The first-order valence-corrected chi connectivity index (χ1v) is 7.13. The van der Waals surface area contributed by atoms with Gasteiger partial charge in [-0.05, 0) is 26.0 Å². The summed E-state index contributed by atoms with van der Waals surface area (Å²) in [6, 6.07) is 3.65. The monoisotopic (exact) mass is 278 g/mol. The minimum atomic E-state index is 0.0556. The molecule has 5 nitrogen and oxygen atoms in total. The highest BCUT2D eigenvalue weighted by atomic mass is 32.1. The van der Waals surface area contributed by atoms with Crippen LogP contribution in [0.5, 0.6) is 5.88 Å². The van der Waals surface area contributed by atoms with Crippen LogP contribution in [0.1, 0.15) is 19.5 Å². The van der Waals surface area contributed by atoms with Crippen molar-refractivity contribution in [2.24, 2.45) is 0 Å². The fraction of sp³-hybridized carbons (Fsp3) is 0.385. The first-order chi connectivity index (χ1) is 9.15. The summed E-state index contributed by atoms with van der Waals surface area (Å²) in [5, 5.41) is 5.29. The Morgan fingerprint density at radius 1 is 1.42 bits per heavy atom. The lowest BCUT2D eigenvalue weighted by molar-refractivity contribution is 0.234. The molecule has 2 rings (SSSR count). The molecule has 19 heavy (non-hydrogen) atoms. The van der Waals surface area contributed by atoms with Crippen LogP contribution < -0.4 is 15.8 Å². The predicted molar refractivity (Wildman–Crippen MR) is 78.7 cm³/mol. The minimum absolute atomic E-state index is 0.0556. The highest BCUT2D eigenvalue weighted by Crippen LogP contribution is 2.21. The molecule has 0 fully saturated rings.